The van der Waals surface area contributed by atoms with Gasteiger partial charge in [-0.25, -0.2) is 13.8 Å². The van der Waals surface area contributed by atoms with E-state index in [1.807, 2.05) is 38.1 Å². The molecule has 0 saturated heterocycles. The van der Waals surface area contributed by atoms with Crippen molar-refractivity contribution in [2.24, 2.45) is 0 Å². The quantitative estimate of drug-likeness (QED) is 0.618. The van der Waals surface area contributed by atoms with Crippen molar-refractivity contribution in [1.82, 2.24) is 4.98 Å². The average Bonchev–Trinajstić information content (AvgIpc) is 2.66. The van der Waals surface area contributed by atoms with Crippen LogP contribution in [-0.2, 0) is 0 Å². The number of carbonyl (C=O) groups excluding carboxylic acids is 1. The topological polar surface area (TPSA) is 63.2 Å². The molecule has 2 aromatic carbocycles. The fourth-order valence-electron chi connectivity index (χ4n) is 2.43. The van der Waals surface area contributed by atoms with E-state index in [9.17, 15) is 13.6 Å². The van der Waals surface area contributed by atoms with Crippen LogP contribution in [0, 0.1) is 11.6 Å². The van der Waals surface area contributed by atoms with Gasteiger partial charge < -0.3 is 15.4 Å². The summed E-state index contributed by atoms with van der Waals surface area (Å²) in [6.07, 6.45) is 1.60. The highest BCUT2D eigenvalue weighted by atomic mass is 19.1. The number of hydrogen-bond donors (Lipinski definition) is 2. The molecular formula is C21H19F2N3O2. The second-order valence-corrected chi connectivity index (χ2v) is 6.33. The summed E-state index contributed by atoms with van der Waals surface area (Å²) in [6, 6.07) is 13.6. The molecule has 1 aromatic heterocycles. The van der Waals surface area contributed by atoms with Crippen LogP contribution >= 0.6 is 0 Å². The van der Waals surface area contributed by atoms with Crippen molar-refractivity contribution < 1.29 is 18.3 Å². The molecule has 144 valence electrons. The van der Waals surface area contributed by atoms with Gasteiger partial charge in [0.15, 0.2) is 0 Å². The van der Waals surface area contributed by atoms with E-state index in [-0.39, 0.29) is 17.5 Å². The summed E-state index contributed by atoms with van der Waals surface area (Å²) < 4.78 is 32.2. The van der Waals surface area contributed by atoms with Gasteiger partial charge in [0.1, 0.15) is 23.1 Å². The van der Waals surface area contributed by atoms with Crippen molar-refractivity contribution in [3.8, 4) is 5.75 Å². The van der Waals surface area contributed by atoms with Gasteiger partial charge in [0, 0.05) is 11.8 Å². The molecule has 0 fully saturated rings. The lowest BCUT2D eigenvalue weighted by molar-refractivity contribution is 0.102. The van der Waals surface area contributed by atoms with E-state index in [0.717, 1.165) is 23.6 Å². The number of aromatic nitrogens is 1. The second-order valence-electron chi connectivity index (χ2n) is 6.33. The van der Waals surface area contributed by atoms with Gasteiger partial charge in [0.05, 0.1) is 23.7 Å². The number of benzene rings is 2. The molecule has 1 amide bonds. The van der Waals surface area contributed by atoms with Crippen LogP contribution in [0.3, 0.4) is 0 Å². The third kappa shape index (κ3) is 5.03. The average molecular weight is 383 g/mol. The van der Waals surface area contributed by atoms with E-state index in [4.69, 9.17) is 4.74 Å². The Morgan fingerprint density at radius 1 is 1.00 bits per heavy atom. The molecule has 0 bridgehead atoms. The Balaban J connectivity index is 1.63. The SMILES string of the molecule is CC(C)Oc1ccc(Nc2ccc(C(=O)Nc3ccc(F)cc3F)nc2)cc1. The Morgan fingerprint density at radius 3 is 2.32 bits per heavy atom. The summed E-state index contributed by atoms with van der Waals surface area (Å²) in [5.41, 5.74) is 1.51. The van der Waals surface area contributed by atoms with Gasteiger partial charge in [-0.2, -0.15) is 0 Å². The van der Waals surface area contributed by atoms with Gasteiger partial charge in [-0.05, 0) is 62.4 Å². The molecule has 2 N–H and O–H groups in total. The highest BCUT2D eigenvalue weighted by Crippen LogP contribution is 2.21. The molecule has 1 heterocycles. The Morgan fingerprint density at radius 2 is 1.71 bits per heavy atom. The fourth-order valence-corrected chi connectivity index (χ4v) is 2.43. The Labute approximate surface area is 161 Å². The second kappa shape index (κ2) is 8.47. The van der Waals surface area contributed by atoms with Crippen molar-refractivity contribution in [3.05, 3.63) is 78.1 Å². The number of ether oxygens (including phenoxy) is 1. The molecule has 5 nitrogen and oxygen atoms in total. The van der Waals surface area contributed by atoms with Crippen LogP contribution in [0.4, 0.5) is 25.8 Å². The molecule has 0 aliphatic rings. The fraction of sp³-hybridized carbons (Fsp3) is 0.143. The normalized spacial score (nSPS) is 10.6. The Bertz CT molecular complexity index is 958. The standard InChI is InChI=1S/C21H19F2N3O2/c1-13(2)28-17-7-4-15(5-8-17)25-16-6-10-20(24-12-16)21(27)26-19-9-3-14(22)11-18(19)23/h3-13,25H,1-2H3,(H,26,27). The number of carbonyl (C=O) groups is 1. The van der Waals surface area contributed by atoms with Crippen LogP contribution in [0.5, 0.6) is 5.75 Å². The summed E-state index contributed by atoms with van der Waals surface area (Å²) in [6.45, 7) is 3.92. The Kier molecular flexibility index (Phi) is 5.84. The van der Waals surface area contributed by atoms with Crippen LogP contribution in [0.15, 0.2) is 60.8 Å². The van der Waals surface area contributed by atoms with Gasteiger partial charge in [-0.3, -0.25) is 4.79 Å². The van der Waals surface area contributed by atoms with Gasteiger partial charge in [-0.15, -0.1) is 0 Å². The molecule has 0 saturated carbocycles. The lowest BCUT2D eigenvalue weighted by Gasteiger charge is -2.11. The van der Waals surface area contributed by atoms with Crippen LogP contribution in [0.2, 0.25) is 0 Å². The van der Waals surface area contributed by atoms with Crippen LogP contribution in [-0.4, -0.2) is 17.0 Å². The van der Waals surface area contributed by atoms with E-state index in [1.165, 1.54) is 12.3 Å². The zero-order valence-corrected chi connectivity index (χ0v) is 15.4. The number of nitrogens with zero attached hydrogens (tertiary/aromatic N) is 1. The van der Waals surface area contributed by atoms with Crippen molar-refractivity contribution in [1.29, 1.82) is 0 Å². The van der Waals surface area contributed by atoms with Crippen molar-refractivity contribution in [2.45, 2.75) is 20.0 Å². The molecule has 0 atom stereocenters. The first-order valence-electron chi connectivity index (χ1n) is 8.67. The third-order valence-corrected chi connectivity index (χ3v) is 3.69. The summed E-state index contributed by atoms with van der Waals surface area (Å²) >= 11 is 0. The zero-order valence-electron chi connectivity index (χ0n) is 15.4. The summed E-state index contributed by atoms with van der Waals surface area (Å²) in [4.78, 5) is 16.3. The molecule has 28 heavy (non-hydrogen) atoms. The minimum absolute atomic E-state index is 0.102. The van der Waals surface area contributed by atoms with Crippen molar-refractivity contribution in [3.63, 3.8) is 0 Å². The lowest BCUT2D eigenvalue weighted by atomic mass is 10.2. The van der Waals surface area contributed by atoms with E-state index < -0.39 is 17.5 Å². The highest BCUT2D eigenvalue weighted by Gasteiger charge is 2.11. The predicted molar refractivity (Wildman–Crippen MR) is 104 cm³/mol. The van der Waals surface area contributed by atoms with Gasteiger partial charge in [-0.1, -0.05) is 0 Å². The van der Waals surface area contributed by atoms with Crippen LogP contribution in [0.25, 0.3) is 0 Å². The zero-order chi connectivity index (χ0) is 20.1. The molecule has 0 unspecified atom stereocenters. The van der Waals surface area contributed by atoms with Gasteiger partial charge in [0.25, 0.3) is 5.91 Å². The monoisotopic (exact) mass is 383 g/mol. The minimum Gasteiger partial charge on any atom is -0.491 e. The number of pyridine rings is 1. The number of rotatable bonds is 6. The van der Waals surface area contributed by atoms with Gasteiger partial charge >= 0.3 is 0 Å². The number of hydrogen-bond acceptors (Lipinski definition) is 4. The molecule has 0 spiro atoms. The third-order valence-electron chi connectivity index (χ3n) is 3.69. The molecular weight excluding hydrogens is 364 g/mol. The van der Waals surface area contributed by atoms with E-state index in [1.54, 1.807) is 6.07 Å². The predicted octanol–water partition coefficient (Wildman–Crippen LogP) is 5.14. The first-order valence-corrected chi connectivity index (χ1v) is 8.67. The maximum absolute atomic E-state index is 13.6. The summed E-state index contributed by atoms with van der Waals surface area (Å²) in [7, 11) is 0. The summed E-state index contributed by atoms with van der Waals surface area (Å²) in [5.74, 6) is -1.38. The molecule has 7 heteroatoms. The van der Waals surface area contributed by atoms with Crippen molar-refractivity contribution in [2.75, 3.05) is 10.6 Å². The smallest absolute Gasteiger partial charge is 0.274 e. The molecule has 3 aromatic rings. The number of amides is 1. The number of halogens is 2. The number of anilines is 3. The van der Waals surface area contributed by atoms with E-state index >= 15 is 0 Å². The number of nitrogens with one attached hydrogen (secondary N) is 2. The maximum atomic E-state index is 13.6. The highest BCUT2D eigenvalue weighted by molar-refractivity contribution is 6.03. The van der Waals surface area contributed by atoms with Crippen molar-refractivity contribution >= 4 is 23.0 Å². The van der Waals surface area contributed by atoms with Crippen LogP contribution < -0.4 is 15.4 Å². The largest absolute Gasteiger partial charge is 0.491 e. The first kappa shape index (κ1) is 19.3. The molecule has 3 rings (SSSR count). The Hall–Kier alpha value is -3.48. The molecule has 0 radical (unpaired) electrons. The molecule has 0 aliphatic carbocycles. The first-order chi connectivity index (χ1) is 13.4. The van der Waals surface area contributed by atoms with E-state index in [2.05, 4.69) is 15.6 Å². The molecule has 0 aliphatic heterocycles. The maximum Gasteiger partial charge on any atom is 0.274 e. The summed E-state index contributed by atoms with van der Waals surface area (Å²) in [5, 5.41) is 5.53. The van der Waals surface area contributed by atoms with Crippen LogP contribution in [0.1, 0.15) is 24.3 Å². The minimum atomic E-state index is -0.850. The lowest BCUT2D eigenvalue weighted by Crippen LogP contribution is -2.14. The van der Waals surface area contributed by atoms with Gasteiger partial charge in [0.2, 0.25) is 0 Å². The van der Waals surface area contributed by atoms with E-state index in [0.29, 0.717) is 11.8 Å².